The molecule has 2 aromatic rings. The Hall–Kier alpha value is -2.37. The van der Waals surface area contributed by atoms with E-state index in [-0.39, 0.29) is 17.4 Å². The lowest BCUT2D eigenvalue weighted by Crippen LogP contribution is -2.29. The van der Waals surface area contributed by atoms with Gasteiger partial charge in [-0.1, -0.05) is 0 Å². The first-order chi connectivity index (χ1) is 10.6. The van der Waals surface area contributed by atoms with Crippen molar-refractivity contribution in [1.82, 2.24) is 14.9 Å². The second kappa shape index (κ2) is 5.79. The molecule has 0 saturated carbocycles. The Labute approximate surface area is 128 Å². The van der Waals surface area contributed by atoms with E-state index in [0.29, 0.717) is 18.8 Å². The molecule has 1 aromatic carbocycles. The van der Waals surface area contributed by atoms with Crippen LogP contribution in [0.3, 0.4) is 0 Å². The van der Waals surface area contributed by atoms with Gasteiger partial charge < -0.3 is 14.6 Å². The van der Waals surface area contributed by atoms with Crippen molar-refractivity contribution in [3.63, 3.8) is 0 Å². The molecule has 1 aliphatic heterocycles. The van der Waals surface area contributed by atoms with Crippen LogP contribution < -0.4 is 4.74 Å². The second-order valence-electron chi connectivity index (χ2n) is 5.53. The number of aryl methyl sites for hydroxylation is 1. The average molecular weight is 303 g/mol. The van der Waals surface area contributed by atoms with Gasteiger partial charge in [0.25, 0.3) is 5.91 Å². The number of nitrogens with one attached hydrogen (secondary N) is 1. The monoisotopic (exact) mass is 303 g/mol. The van der Waals surface area contributed by atoms with Crippen LogP contribution in [0.1, 0.15) is 34.2 Å². The van der Waals surface area contributed by atoms with Crippen LogP contribution in [-0.2, 0) is 0 Å². The topological polar surface area (TPSA) is 58.2 Å². The SMILES string of the molecule is COc1ccc(F)cc1C(=O)N1CC[C@H](c2ncc(C)[nH]2)C1. The lowest BCUT2D eigenvalue weighted by Gasteiger charge is -2.18. The first-order valence-electron chi connectivity index (χ1n) is 7.23. The lowest BCUT2D eigenvalue weighted by atomic mass is 10.1. The summed E-state index contributed by atoms with van der Waals surface area (Å²) < 4.78 is 18.6. The normalized spacial score (nSPS) is 17.8. The summed E-state index contributed by atoms with van der Waals surface area (Å²) in [5.74, 6) is 0.837. The molecule has 3 rings (SSSR count). The fraction of sp³-hybridized carbons (Fsp3) is 0.375. The van der Waals surface area contributed by atoms with Gasteiger partial charge in [0.2, 0.25) is 0 Å². The van der Waals surface area contributed by atoms with Crippen molar-refractivity contribution < 1.29 is 13.9 Å². The van der Waals surface area contributed by atoms with Gasteiger partial charge >= 0.3 is 0 Å². The highest BCUT2D eigenvalue weighted by Gasteiger charge is 2.30. The highest BCUT2D eigenvalue weighted by Crippen LogP contribution is 2.28. The second-order valence-corrected chi connectivity index (χ2v) is 5.53. The van der Waals surface area contributed by atoms with E-state index < -0.39 is 5.82 Å². The van der Waals surface area contributed by atoms with E-state index in [9.17, 15) is 9.18 Å². The Morgan fingerprint density at radius 2 is 2.32 bits per heavy atom. The smallest absolute Gasteiger partial charge is 0.257 e. The minimum absolute atomic E-state index is 0.192. The fourth-order valence-electron chi connectivity index (χ4n) is 2.83. The van der Waals surface area contributed by atoms with Crippen LogP contribution in [0, 0.1) is 12.7 Å². The number of hydrogen-bond acceptors (Lipinski definition) is 3. The Kier molecular flexibility index (Phi) is 3.83. The minimum Gasteiger partial charge on any atom is -0.496 e. The van der Waals surface area contributed by atoms with E-state index in [4.69, 9.17) is 4.74 Å². The number of benzene rings is 1. The van der Waals surface area contributed by atoms with Crippen molar-refractivity contribution in [3.05, 3.63) is 47.3 Å². The third kappa shape index (κ3) is 2.68. The Morgan fingerprint density at radius 1 is 1.50 bits per heavy atom. The molecule has 1 fully saturated rings. The first-order valence-corrected chi connectivity index (χ1v) is 7.23. The first kappa shape index (κ1) is 14.6. The van der Waals surface area contributed by atoms with Gasteiger partial charge in [-0.3, -0.25) is 4.79 Å². The summed E-state index contributed by atoms with van der Waals surface area (Å²) in [5.41, 5.74) is 1.27. The van der Waals surface area contributed by atoms with Crippen molar-refractivity contribution in [2.45, 2.75) is 19.3 Å². The number of likely N-dealkylation sites (tertiary alicyclic amines) is 1. The number of methoxy groups -OCH3 is 1. The van der Waals surface area contributed by atoms with Gasteiger partial charge in [0.1, 0.15) is 17.4 Å². The zero-order valence-electron chi connectivity index (χ0n) is 12.6. The molecule has 2 heterocycles. The van der Waals surface area contributed by atoms with Gasteiger partial charge in [0.05, 0.1) is 12.7 Å². The number of H-pyrrole nitrogens is 1. The molecule has 6 heteroatoms. The zero-order chi connectivity index (χ0) is 15.7. The third-order valence-corrected chi connectivity index (χ3v) is 3.98. The third-order valence-electron chi connectivity index (χ3n) is 3.98. The predicted molar refractivity (Wildman–Crippen MR) is 79.5 cm³/mol. The summed E-state index contributed by atoms with van der Waals surface area (Å²) in [7, 11) is 1.47. The summed E-state index contributed by atoms with van der Waals surface area (Å²) >= 11 is 0. The Bertz CT molecular complexity index is 698. The van der Waals surface area contributed by atoms with Gasteiger partial charge in [0.15, 0.2) is 0 Å². The van der Waals surface area contributed by atoms with Crippen molar-refractivity contribution in [2.24, 2.45) is 0 Å². The number of carbonyl (C=O) groups excluding carboxylic acids is 1. The van der Waals surface area contributed by atoms with E-state index >= 15 is 0 Å². The van der Waals surface area contributed by atoms with Crippen LogP contribution in [0.2, 0.25) is 0 Å². The molecular weight excluding hydrogens is 285 g/mol. The Balaban J connectivity index is 1.78. The van der Waals surface area contributed by atoms with Crippen LogP contribution in [0.4, 0.5) is 4.39 Å². The number of halogens is 1. The zero-order valence-corrected chi connectivity index (χ0v) is 12.6. The standard InChI is InChI=1S/C16H18FN3O2/c1-10-8-18-15(19-10)11-5-6-20(9-11)16(21)13-7-12(17)3-4-14(13)22-2/h3-4,7-8,11H,5-6,9H2,1-2H3,(H,18,19)/t11-/m0/s1. The van der Waals surface area contributed by atoms with Crippen LogP contribution in [0.25, 0.3) is 0 Å². The van der Waals surface area contributed by atoms with Crippen molar-refractivity contribution in [3.8, 4) is 5.75 Å². The largest absolute Gasteiger partial charge is 0.496 e. The molecule has 22 heavy (non-hydrogen) atoms. The molecular formula is C16H18FN3O2. The highest BCUT2D eigenvalue weighted by molar-refractivity contribution is 5.97. The van der Waals surface area contributed by atoms with Crippen LogP contribution >= 0.6 is 0 Å². The van der Waals surface area contributed by atoms with Gasteiger partial charge in [0, 0.05) is 30.9 Å². The summed E-state index contributed by atoms with van der Waals surface area (Å²) in [6.07, 6.45) is 2.63. The van der Waals surface area contributed by atoms with E-state index in [1.54, 1.807) is 11.1 Å². The van der Waals surface area contributed by atoms with Gasteiger partial charge in [-0.15, -0.1) is 0 Å². The Morgan fingerprint density at radius 3 is 3.00 bits per heavy atom. The summed E-state index contributed by atoms with van der Waals surface area (Å²) in [6, 6.07) is 3.99. The number of aromatic amines is 1. The lowest BCUT2D eigenvalue weighted by molar-refractivity contribution is 0.0786. The molecule has 1 aromatic heterocycles. The number of imidazole rings is 1. The number of rotatable bonds is 3. The molecule has 0 bridgehead atoms. The molecule has 116 valence electrons. The van der Waals surface area contributed by atoms with E-state index in [1.165, 1.54) is 25.3 Å². The van der Waals surface area contributed by atoms with E-state index in [1.807, 2.05) is 6.92 Å². The molecule has 0 spiro atoms. The summed E-state index contributed by atoms with van der Waals surface area (Å²) in [4.78, 5) is 21.9. The number of aromatic nitrogens is 2. The van der Waals surface area contributed by atoms with Crippen LogP contribution in [0.5, 0.6) is 5.75 Å². The van der Waals surface area contributed by atoms with Gasteiger partial charge in [-0.25, -0.2) is 9.37 Å². The van der Waals surface area contributed by atoms with Crippen molar-refractivity contribution in [1.29, 1.82) is 0 Å². The minimum atomic E-state index is -0.443. The number of ether oxygens (including phenoxy) is 1. The molecule has 1 N–H and O–H groups in total. The van der Waals surface area contributed by atoms with Crippen molar-refractivity contribution >= 4 is 5.91 Å². The molecule has 1 aliphatic rings. The number of nitrogens with zero attached hydrogens (tertiary/aromatic N) is 2. The van der Waals surface area contributed by atoms with Crippen molar-refractivity contribution in [2.75, 3.05) is 20.2 Å². The molecule has 0 unspecified atom stereocenters. The predicted octanol–water partition coefficient (Wildman–Crippen LogP) is 2.50. The maximum atomic E-state index is 13.4. The van der Waals surface area contributed by atoms with E-state index in [0.717, 1.165) is 17.9 Å². The molecule has 1 saturated heterocycles. The number of hydrogen-bond donors (Lipinski definition) is 1. The van der Waals surface area contributed by atoms with Crippen LogP contribution in [0.15, 0.2) is 24.4 Å². The molecule has 5 nitrogen and oxygen atoms in total. The summed E-state index contributed by atoms with van der Waals surface area (Å²) in [6.45, 7) is 3.15. The molecule has 0 radical (unpaired) electrons. The van der Waals surface area contributed by atoms with Gasteiger partial charge in [-0.2, -0.15) is 0 Å². The average Bonchev–Trinajstić information content (AvgIpc) is 3.15. The quantitative estimate of drug-likeness (QED) is 0.947. The molecule has 1 atom stereocenters. The number of carbonyl (C=O) groups is 1. The fourth-order valence-corrected chi connectivity index (χ4v) is 2.83. The number of amides is 1. The highest BCUT2D eigenvalue weighted by atomic mass is 19.1. The van der Waals surface area contributed by atoms with Gasteiger partial charge in [-0.05, 0) is 31.5 Å². The molecule has 0 aliphatic carbocycles. The maximum Gasteiger partial charge on any atom is 0.257 e. The van der Waals surface area contributed by atoms with Crippen LogP contribution in [-0.4, -0.2) is 41.0 Å². The molecule has 1 amide bonds. The summed E-state index contributed by atoms with van der Waals surface area (Å²) in [5, 5.41) is 0. The van der Waals surface area contributed by atoms with E-state index in [2.05, 4.69) is 9.97 Å². The maximum absolute atomic E-state index is 13.4.